The van der Waals surface area contributed by atoms with Crippen molar-refractivity contribution in [2.75, 3.05) is 5.73 Å². The monoisotopic (exact) mass is 541 g/mol. The molecule has 3 N–H and O–H groups in total. The number of nitrogens with zero attached hydrogens (tertiary/aromatic N) is 5. The molecule has 5 aromatic rings. The third-order valence-corrected chi connectivity index (χ3v) is 6.36. The average molecular weight is 542 g/mol. The average Bonchev–Trinajstić information content (AvgIpc) is 3.27. The van der Waals surface area contributed by atoms with Crippen LogP contribution in [0.1, 0.15) is 40.3 Å². The van der Waals surface area contributed by atoms with E-state index in [0.29, 0.717) is 28.0 Å². The largest absolute Gasteiger partial charge is 0.381 e. The van der Waals surface area contributed by atoms with Gasteiger partial charge in [-0.05, 0) is 43.3 Å². The number of benzene rings is 3. The molecule has 0 radical (unpaired) electrons. The van der Waals surface area contributed by atoms with Crippen LogP contribution in [0.3, 0.4) is 0 Å². The summed E-state index contributed by atoms with van der Waals surface area (Å²) in [5.41, 5.74) is 8.34. The van der Waals surface area contributed by atoms with Crippen molar-refractivity contribution < 1.29 is 4.79 Å². The van der Waals surface area contributed by atoms with Gasteiger partial charge < -0.3 is 11.1 Å². The Kier molecular flexibility index (Phi) is 7.56. The topological polar surface area (TPSA) is 120 Å². The van der Waals surface area contributed by atoms with Crippen molar-refractivity contribution in [3.63, 3.8) is 0 Å². The lowest BCUT2D eigenvalue weighted by Crippen LogP contribution is -2.33. The number of nitrogens with two attached hydrogens (primary N) is 1. The van der Waals surface area contributed by atoms with Gasteiger partial charge in [0.2, 0.25) is 0 Å². The molecular weight excluding hydrogens is 514 g/mol. The number of aryl methyl sites for hydroxylation is 1. The van der Waals surface area contributed by atoms with Gasteiger partial charge in [0.05, 0.1) is 22.6 Å². The number of nitrogen functional groups attached to an aromatic ring is 1. The van der Waals surface area contributed by atoms with Gasteiger partial charge in [-0.1, -0.05) is 67.0 Å². The number of aromatic nitrogens is 4. The smallest absolute Gasteiger partial charge is 0.267 e. The molecule has 0 aliphatic carbocycles. The lowest BCUT2D eigenvalue weighted by molar-refractivity contribution is 0.0939. The molecule has 0 saturated heterocycles. The second-order valence-corrected chi connectivity index (χ2v) is 9.18. The van der Waals surface area contributed by atoms with Crippen LogP contribution in [0, 0.1) is 11.8 Å². The fourth-order valence-electron chi connectivity index (χ4n) is 4.49. The molecule has 0 aliphatic heterocycles. The molecule has 0 fully saturated rings. The minimum atomic E-state index is -0.699. The summed E-state index contributed by atoms with van der Waals surface area (Å²) in [4.78, 5) is 36.7. The number of nitrogens with one attached hydrogen (secondary N) is 1. The molecule has 2 heterocycles. The molecule has 202 valence electrons. The maximum absolute atomic E-state index is 14.2. The van der Waals surface area contributed by atoms with Crippen molar-refractivity contribution in [3.05, 3.63) is 124 Å². The minimum absolute atomic E-state index is 0.0296. The van der Waals surface area contributed by atoms with Crippen molar-refractivity contribution in [1.82, 2.24) is 24.6 Å². The highest BCUT2D eigenvalue weighted by atomic mass is 16.2. The van der Waals surface area contributed by atoms with E-state index in [-0.39, 0.29) is 22.8 Å². The first kappa shape index (κ1) is 26.8. The SMILES string of the molecule is C=C/C=N\c1c(C(=O)NC(C)c2nc3cccc(C#Cc4ccccc4)c3c(=O)n2-c2ccccc2)c(N)nn1C. The summed E-state index contributed by atoms with van der Waals surface area (Å²) in [6, 6.07) is 23.4. The Morgan fingerprint density at radius 2 is 1.76 bits per heavy atom. The molecule has 3 aromatic carbocycles. The summed E-state index contributed by atoms with van der Waals surface area (Å²) < 4.78 is 2.92. The fourth-order valence-corrected chi connectivity index (χ4v) is 4.49. The highest BCUT2D eigenvalue weighted by Gasteiger charge is 2.25. The first-order valence-electron chi connectivity index (χ1n) is 12.9. The van der Waals surface area contributed by atoms with Crippen LogP contribution < -0.4 is 16.6 Å². The van der Waals surface area contributed by atoms with Crippen molar-refractivity contribution in [1.29, 1.82) is 0 Å². The summed E-state index contributed by atoms with van der Waals surface area (Å²) in [7, 11) is 1.64. The number of para-hydroxylation sites is 1. The molecule has 9 nitrogen and oxygen atoms in total. The zero-order valence-electron chi connectivity index (χ0n) is 22.6. The van der Waals surface area contributed by atoms with E-state index in [0.717, 1.165) is 5.56 Å². The number of hydrogen-bond donors (Lipinski definition) is 2. The van der Waals surface area contributed by atoms with E-state index >= 15 is 0 Å². The molecule has 0 saturated carbocycles. The molecule has 2 aromatic heterocycles. The van der Waals surface area contributed by atoms with E-state index in [1.165, 1.54) is 21.5 Å². The van der Waals surface area contributed by atoms with Gasteiger partial charge in [-0.15, -0.1) is 0 Å². The Morgan fingerprint density at radius 1 is 1.05 bits per heavy atom. The standard InChI is InChI=1S/C32H27N7O2/c1-4-20-34-30-27(28(33)37-38(30)3)31(40)35-21(2)29-36-25-17-11-14-23(19-18-22-12-7-5-8-13-22)26(25)32(41)39(29)24-15-9-6-10-16-24/h4-17,20-21H,1H2,2-3H3,(H2,33,37)(H,35,40)/b34-20-. The fraction of sp³-hybridized carbons (Fsp3) is 0.0938. The molecule has 0 spiro atoms. The number of amides is 1. The number of carbonyl (C=O) groups is 1. The molecule has 5 rings (SSSR count). The molecule has 1 atom stereocenters. The maximum Gasteiger partial charge on any atom is 0.267 e. The molecule has 0 bridgehead atoms. The van der Waals surface area contributed by atoms with Gasteiger partial charge in [0, 0.05) is 24.4 Å². The predicted octanol–water partition coefficient (Wildman–Crippen LogP) is 4.48. The van der Waals surface area contributed by atoms with Crippen LogP contribution in [0.15, 0.2) is 101 Å². The lowest BCUT2D eigenvalue weighted by Gasteiger charge is -2.20. The highest BCUT2D eigenvalue weighted by Crippen LogP contribution is 2.26. The summed E-state index contributed by atoms with van der Waals surface area (Å²) in [6.45, 7) is 5.37. The van der Waals surface area contributed by atoms with E-state index in [9.17, 15) is 9.59 Å². The third-order valence-electron chi connectivity index (χ3n) is 6.36. The molecule has 1 amide bonds. The van der Waals surface area contributed by atoms with Crippen LogP contribution in [0.5, 0.6) is 0 Å². The van der Waals surface area contributed by atoms with Gasteiger partial charge in [0.15, 0.2) is 11.6 Å². The first-order valence-corrected chi connectivity index (χ1v) is 12.9. The Morgan fingerprint density at radius 3 is 2.46 bits per heavy atom. The van der Waals surface area contributed by atoms with Gasteiger partial charge in [-0.2, -0.15) is 5.10 Å². The van der Waals surface area contributed by atoms with Gasteiger partial charge in [-0.25, -0.2) is 14.7 Å². The number of anilines is 1. The van der Waals surface area contributed by atoms with E-state index in [2.05, 4.69) is 33.8 Å². The number of allylic oxidation sites excluding steroid dienone is 1. The second-order valence-electron chi connectivity index (χ2n) is 9.18. The van der Waals surface area contributed by atoms with Crippen LogP contribution in [-0.4, -0.2) is 31.5 Å². The summed E-state index contributed by atoms with van der Waals surface area (Å²) in [5.74, 6) is 6.41. The summed E-state index contributed by atoms with van der Waals surface area (Å²) in [6.07, 6.45) is 2.94. The quantitative estimate of drug-likeness (QED) is 0.243. The first-order chi connectivity index (χ1) is 19.9. The zero-order valence-corrected chi connectivity index (χ0v) is 22.6. The van der Waals surface area contributed by atoms with Crippen LogP contribution in [0.25, 0.3) is 16.6 Å². The van der Waals surface area contributed by atoms with Gasteiger partial charge in [-0.3, -0.25) is 14.2 Å². The van der Waals surface area contributed by atoms with E-state index in [1.807, 2.05) is 66.7 Å². The lowest BCUT2D eigenvalue weighted by atomic mass is 10.1. The van der Waals surface area contributed by atoms with E-state index in [4.69, 9.17) is 10.7 Å². The number of aliphatic imine (C=N–C) groups is 1. The number of hydrogen-bond acceptors (Lipinski definition) is 6. The Hall–Kier alpha value is -5.75. The Bertz CT molecular complexity index is 1910. The van der Waals surface area contributed by atoms with Crippen molar-refractivity contribution in [2.24, 2.45) is 12.0 Å². The van der Waals surface area contributed by atoms with E-state index in [1.54, 1.807) is 26.1 Å². The molecule has 0 aliphatic rings. The highest BCUT2D eigenvalue weighted by molar-refractivity contribution is 6.03. The number of rotatable bonds is 6. The normalized spacial score (nSPS) is 11.7. The number of fused-ring (bicyclic) bond motifs is 1. The third kappa shape index (κ3) is 5.40. The molecular formula is C32H27N7O2. The maximum atomic E-state index is 14.2. The van der Waals surface area contributed by atoms with Crippen molar-refractivity contribution in [3.8, 4) is 17.5 Å². The van der Waals surface area contributed by atoms with E-state index < -0.39 is 11.9 Å². The number of carbonyl (C=O) groups excluding carboxylic acids is 1. The Labute approximate surface area is 236 Å². The van der Waals surface area contributed by atoms with Crippen LogP contribution in [0.4, 0.5) is 11.6 Å². The van der Waals surface area contributed by atoms with Crippen LogP contribution in [0.2, 0.25) is 0 Å². The van der Waals surface area contributed by atoms with Crippen molar-refractivity contribution >= 4 is 34.7 Å². The van der Waals surface area contributed by atoms with Gasteiger partial charge >= 0.3 is 0 Å². The second kappa shape index (κ2) is 11.6. The van der Waals surface area contributed by atoms with Gasteiger partial charge in [0.25, 0.3) is 11.5 Å². The van der Waals surface area contributed by atoms with Crippen LogP contribution >= 0.6 is 0 Å². The molecule has 1 unspecified atom stereocenters. The minimum Gasteiger partial charge on any atom is -0.381 e. The van der Waals surface area contributed by atoms with Crippen LogP contribution in [-0.2, 0) is 7.05 Å². The predicted molar refractivity (Wildman–Crippen MR) is 162 cm³/mol. The van der Waals surface area contributed by atoms with Gasteiger partial charge in [0.1, 0.15) is 11.4 Å². The summed E-state index contributed by atoms with van der Waals surface area (Å²) in [5, 5.41) is 7.45. The molecule has 41 heavy (non-hydrogen) atoms. The molecule has 9 heteroatoms. The van der Waals surface area contributed by atoms with Crippen molar-refractivity contribution in [2.45, 2.75) is 13.0 Å². The summed E-state index contributed by atoms with van der Waals surface area (Å²) >= 11 is 0. The Balaban J connectivity index is 1.63. The zero-order chi connectivity index (χ0) is 28.9.